The molecule has 2 atom stereocenters. The van der Waals surface area contributed by atoms with E-state index in [1.165, 1.54) is 5.56 Å². The number of esters is 1. The van der Waals surface area contributed by atoms with E-state index in [-0.39, 0.29) is 12.5 Å². The van der Waals surface area contributed by atoms with Gasteiger partial charge in [-0.15, -0.1) is 0 Å². The van der Waals surface area contributed by atoms with Crippen molar-refractivity contribution in [2.75, 3.05) is 38.6 Å². The quantitative estimate of drug-likeness (QED) is 0.524. The Morgan fingerprint density at radius 2 is 1.96 bits per heavy atom. The third kappa shape index (κ3) is 5.51. The van der Waals surface area contributed by atoms with Crippen molar-refractivity contribution in [3.8, 4) is 0 Å². The van der Waals surface area contributed by atoms with Gasteiger partial charge < -0.3 is 14.0 Å². The van der Waals surface area contributed by atoms with Crippen molar-refractivity contribution in [3.63, 3.8) is 0 Å². The van der Waals surface area contributed by atoms with Crippen LogP contribution in [0.4, 0.5) is 0 Å². The van der Waals surface area contributed by atoms with Crippen molar-refractivity contribution in [1.29, 1.82) is 0 Å². The molecular formula is C18H24NO6S-. The molecule has 26 heavy (non-hydrogen) atoms. The van der Waals surface area contributed by atoms with Gasteiger partial charge in [0.2, 0.25) is 0 Å². The summed E-state index contributed by atoms with van der Waals surface area (Å²) in [6, 6.07) is 7.98. The Morgan fingerprint density at radius 3 is 2.65 bits per heavy atom. The van der Waals surface area contributed by atoms with Crippen LogP contribution in [-0.2, 0) is 37.2 Å². The molecule has 1 aliphatic carbocycles. The number of rotatable bonds is 6. The van der Waals surface area contributed by atoms with E-state index in [0.717, 1.165) is 12.0 Å². The molecule has 0 saturated carbocycles. The second-order valence-corrected chi connectivity index (χ2v) is 8.35. The molecule has 1 heterocycles. The van der Waals surface area contributed by atoms with Crippen LogP contribution in [0, 0.1) is 5.92 Å². The van der Waals surface area contributed by atoms with E-state index in [0.29, 0.717) is 39.1 Å². The van der Waals surface area contributed by atoms with Crippen LogP contribution in [0.25, 0.3) is 0 Å². The van der Waals surface area contributed by atoms with Gasteiger partial charge >= 0.3 is 5.97 Å². The second kappa shape index (κ2) is 8.47. The van der Waals surface area contributed by atoms with Crippen molar-refractivity contribution in [1.82, 2.24) is 4.90 Å². The maximum absolute atomic E-state index is 12.6. The number of ether oxygens (including phenoxy) is 2. The molecule has 1 aromatic rings. The van der Waals surface area contributed by atoms with E-state index in [2.05, 4.69) is 6.07 Å². The first kappa shape index (κ1) is 19.3. The summed E-state index contributed by atoms with van der Waals surface area (Å²) >= 11 is 0. The summed E-state index contributed by atoms with van der Waals surface area (Å²) in [5.74, 6) is -1.41. The van der Waals surface area contributed by atoms with Gasteiger partial charge in [-0.25, -0.2) is 8.42 Å². The van der Waals surface area contributed by atoms with E-state index < -0.39 is 27.9 Å². The number of morpholine rings is 1. The number of nitrogens with zero attached hydrogens (tertiary/aromatic N) is 1. The Morgan fingerprint density at radius 1 is 1.27 bits per heavy atom. The van der Waals surface area contributed by atoms with Crippen molar-refractivity contribution in [3.05, 3.63) is 35.4 Å². The number of fused-ring (bicyclic) bond motifs is 1. The molecule has 0 bridgehead atoms. The van der Waals surface area contributed by atoms with Crippen LogP contribution in [0.2, 0.25) is 0 Å². The molecule has 1 saturated heterocycles. The Kier molecular flexibility index (Phi) is 6.29. The summed E-state index contributed by atoms with van der Waals surface area (Å²) in [5.41, 5.74) is 2.37. The van der Waals surface area contributed by atoms with Crippen LogP contribution in [-0.4, -0.2) is 68.5 Å². The van der Waals surface area contributed by atoms with E-state index in [4.69, 9.17) is 9.47 Å². The number of carbonyl (C=O) groups excluding carboxylic acids is 1. The van der Waals surface area contributed by atoms with E-state index in [9.17, 15) is 17.8 Å². The molecule has 0 radical (unpaired) electrons. The highest BCUT2D eigenvalue weighted by atomic mass is 32.2. The summed E-state index contributed by atoms with van der Waals surface area (Å²) in [7, 11) is -4.48. The lowest BCUT2D eigenvalue weighted by molar-refractivity contribution is -0.154. The molecule has 2 aliphatic rings. The number of aryl methyl sites for hydroxylation is 1. The molecule has 8 heteroatoms. The van der Waals surface area contributed by atoms with Crippen molar-refractivity contribution >= 4 is 16.1 Å². The zero-order valence-electron chi connectivity index (χ0n) is 14.6. The van der Waals surface area contributed by atoms with Gasteiger partial charge in [0.25, 0.3) is 0 Å². The Hall–Kier alpha value is -1.48. The highest BCUT2D eigenvalue weighted by Crippen LogP contribution is 2.26. The molecule has 0 amide bonds. The Labute approximate surface area is 154 Å². The van der Waals surface area contributed by atoms with Crippen LogP contribution in [0.3, 0.4) is 0 Å². The lowest BCUT2D eigenvalue weighted by Gasteiger charge is -2.32. The van der Waals surface area contributed by atoms with Crippen molar-refractivity contribution in [2.45, 2.75) is 25.4 Å². The average Bonchev–Trinajstić information content (AvgIpc) is 2.60. The lowest BCUT2D eigenvalue weighted by atomic mass is 9.84. The first-order valence-electron chi connectivity index (χ1n) is 8.91. The largest absolute Gasteiger partial charge is 0.748 e. The van der Waals surface area contributed by atoms with Gasteiger partial charge in [0.1, 0.15) is 6.10 Å². The molecule has 2 unspecified atom stereocenters. The van der Waals surface area contributed by atoms with E-state index in [1.807, 2.05) is 23.1 Å². The zero-order valence-corrected chi connectivity index (χ0v) is 15.4. The summed E-state index contributed by atoms with van der Waals surface area (Å²) in [6.07, 6.45) is 1.11. The van der Waals surface area contributed by atoms with Crippen LogP contribution in [0.15, 0.2) is 24.3 Å². The molecule has 0 N–H and O–H groups in total. The van der Waals surface area contributed by atoms with Crippen LogP contribution >= 0.6 is 0 Å². The fourth-order valence-corrected chi connectivity index (χ4v) is 4.21. The lowest BCUT2D eigenvalue weighted by Crippen LogP contribution is -2.45. The highest BCUT2D eigenvalue weighted by molar-refractivity contribution is 7.85. The predicted molar refractivity (Wildman–Crippen MR) is 93.7 cm³/mol. The fourth-order valence-electron chi connectivity index (χ4n) is 3.58. The average molecular weight is 382 g/mol. The molecule has 1 aliphatic heterocycles. The van der Waals surface area contributed by atoms with Gasteiger partial charge in [0, 0.05) is 19.6 Å². The minimum Gasteiger partial charge on any atom is -0.748 e. The van der Waals surface area contributed by atoms with E-state index >= 15 is 0 Å². The Balaban J connectivity index is 1.62. The minimum atomic E-state index is -4.48. The van der Waals surface area contributed by atoms with Crippen molar-refractivity contribution < 1.29 is 27.2 Å². The molecule has 3 rings (SSSR count). The number of hydrogen-bond acceptors (Lipinski definition) is 7. The van der Waals surface area contributed by atoms with Gasteiger partial charge in [0.15, 0.2) is 0 Å². The summed E-state index contributed by atoms with van der Waals surface area (Å²) in [5, 5.41) is 0. The standard InChI is InChI=1S/C18H25NO6S/c20-18(16-6-5-14-3-1-2-4-15(14)11-16)25-17(13-26(21,22)23)12-19-7-9-24-10-8-19/h1-4,16-17H,5-13H2,(H,21,22,23)/p-1. The van der Waals surface area contributed by atoms with Gasteiger partial charge in [0.05, 0.1) is 35.0 Å². The third-order valence-corrected chi connectivity index (χ3v) is 5.70. The summed E-state index contributed by atoms with van der Waals surface area (Å²) in [4.78, 5) is 14.5. The number of benzene rings is 1. The summed E-state index contributed by atoms with van der Waals surface area (Å²) in [6.45, 7) is 2.59. The SMILES string of the molecule is O=C(OC(CN1CCOCC1)CS(=O)(=O)[O-])C1CCc2ccccc2C1. The topological polar surface area (TPSA) is 96.0 Å². The molecule has 7 nitrogen and oxygen atoms in total. The molecular weight excluding hydrogens is 358 g/mol. The first-order chi connectivity index (χ1) is 12.4. The monoisotopic (exact) mass is 382 g/mol. The molecule has 1 fully saturated rings. The Bertz CT molecular complexity index is 729. The highest BCUT2D eigenvalue weighted by Gasteiger charge is 2.29. The summed E-state index contributed by atoms with van der Waals surface area (Å²) < 4.78 is 44.4. The molecule has 144 valence electrons. The van der Waals surface area contributed by atoms with Crippen LogP contribution < -0.4 is 0 Å². The maximum Gasteiger partial charge on any atom is 0.309 e. The fraction of sp³-hybridized carbons (Fsp3) is 0.611. The molecule has 1 aromatic carbocycles. The van der Waals surface area contributed by atoms with Crippen LogP contribution in [0.5, 0.6) is 0 Å². The maximum atomic E-state index is 12.6. The van der Waals surface area contributed by atoms with Crippen LogP contribution in [0.1, 0.15) is 17.5 Å². The first-order valence-corrected chi connectivity index (χ1v) is 10.5. The second-order valence-electron chi connectivity index (χ2n) is 6.90. The van der Waals surface area contributed by atoms with Gasteiger partial charge in [-0.3, -0.25) is 9.69 Å². The number of carbonyl (C=O) groups is 1. The zero-order chi connectivity index (χ0) is 18.6. The van der Waals surface area contributed by atoms with E-state index in [1.54, 1.807) is 0 Å². The minimum absolute atomic E-state index is 0.236. The van der Waals surface area contributed by atoms with Gasteiger partial charge in [-0.05, 0) is 30.4 Å². The molecule has 0 aromatic heterocycles. The number of hydrogen-bond donors (Lipinski definition) is 0. The smallest absolute Gasteiger partial charge is 0.309 e. The third-order valence-electron chi connectivity index (χ3n) is 4.92. The van der Waals surface area contributed by atoms with Gasteiger partial charge in [-0.2, -0.15) is 0 Å². The van der Waals surface area contributed by atoms with Crippen molar-refractivity contribution in [2.24, 2.45) is 5.92 Å². The molecule has 0 spiro atoms. The normalized spacial score (nSPS) is 22.4. The predicted octanol–water partition coefficient (Wildman–Crippen LogP) is 0.581. The van der Waals surface area contributed by atoms with Gasteiger partial charge in [-0.1, -0.05) is 24.3 Å².